The van der Waals surface area contributed by atoms with Crippen molar-refractivity contribution < 1.29 is 233 Å². The minimum absolute atomic E-state index is 0. The summed E-state index contributed by atoms with van der Waals surface area (Å²) in [6.45, 7) is -7.65. The summed E-state index contributed by atoms with van der Waals surface area (Å²) in [5.41, 5.74) is -0.210. The average molecular weight is 1460 g/mol. The fraction of sp³-hybridized carbons (Fsp3) is 0.873. The predicted molar refractivity (Wildman–Crippen MR) is 295 cm³/mol. The number of carbonyl (C=O) groups is 1. The number of rotatable bonds is 11. The molecule has 41 nitrogen and oxygen atoms in total. The van der Waals surface area contributed by atoms with E-state index in [1.165, 1.54) is 24.3 Å². The third-order valence-electron chi connectivity index (χ3n) is 18.2. The molecule has 0 aromatic heterocycles. The molecule has 30 heterocycles. The molecule has 1 aromatic rings. The molecule has 30 aliphatic heterocycles. The Morgan fingerprint density at radius 1 is 0.276 bits per heavy atom. The largest absolute Gasteiger partial charge is 1.00 e. The van der Waals surface area contributed by atoms with Crippen LogP contribution in [0.4, 0.5) is 0 Å². The molecule has 0 aliphatic carbocycles. The van der Waals surface area contributed by atoms with Crippen molar-refractivity contribution in [3.05, 3.63) is 29.8 Å². The molecule has 0 saturated carbocycles. The van der Waals surface area contributed by atoms with Crippen molar-refractivity contribution in [3.8, 4) is 0 Å². The second kappa shape index (κ2) is 34.8. The van der Waals surface area contributed by atoms with Gasteiger partial charge in [0.1, 0.15) is 189 Å². The number of aliphatic hydroxyl groups excluding tert-OH is 23. The van der Waals surface area contributed by atoms with Crippen LogP contribution in [0.15, 0.2) is 29.2 Å². The second-order valence-corrected chi connectivity index (χ2v) is 25.5. The number of carbonyl (C=O) groups excluding carboxylic acids is 1. The summed E-state index contributed by atoms with van der Waals surface area (Å²) in [5, 5.41) is 270. The molecule has 40 atom stereocenters. The van der Waals surface area contributed by atoms with Gasteiger partial charge >= 0.3 is 29.6 Å². The van der Waals surface area contributed by atoms with Gasteiger partial charge in [-0.05, 0) is 17.7 Å². The van der Waals surface area contributed by atoms with Crippen LogP contribution < -0.4 is 34.7 Å². The van der Waals surface area contributed by atoms with E-state index < -0.39 is 298 Å². The molecule has 98 heavy (non-hydrogen) atoms. The van der Waals surface area contributed by atoms with Crippen LogP contribution in [0, 0.1) is 0 Å². The van der Waals surface area contributed by atoms with Gasteiger partial charge in [0, 0.05) is 10.6 Å². The molecular formula is C55H83NaO41S. The molecule has 30 fully saturated rings. The maximum absolute atomic E-state index is 11.9. The van der Waals surface area contributed by atoms with Crippen LogP contribution in [0.25, 0.3) is 0 Å². The van der Waals surface area contributed by atoms with E-state index in [1.807, 2.05) is 0 Å². The van der Waals surface area contributed by atoms with Crippen molar-refractivity contribution in [3.63, 3.8) is 0 Å². The summed E-state index contributed by atoms with van der Waals surface area (Å²) in [7, 11) is 0. The van der Waals surface area contributed by atoms with E-state index in [9.17, 15) is 127 Å². The number of hydrogen-bond donors (Lipinski definition) is 23. The molecule has 23 N–H and O–H groups in total. The average Bonchev–Trinajstić information content (AvgIpc) is 0.777. The fourth-order valence-corrected chi connectivity index (χ4v) is 13.7. The number of aliphatic hydroxyl groups is 23. The number of aromatic carboxylic acids is 1. The van der Waals surface area contributed by atoms with E-state index in [4.69, 9.17) is 75.8 Å². The van der Waals surface area contributed by atoms with Crippen molar-refractivity contribution in [2.45, 2.75) is 251 Å². The second-order valence-electron chi connectivity index (χ2n) is 24.4. The molecule has 30 aliphatic rings. The topological polar surface area (TPSA) is 653 Å². The monoisotopic (exact) mass is 1450 g/mol. The molecule has 0 radical (unpaired) electrons. The Morgan fingerprint density at radius 2 is 0.439 bits per heavy atom. The molecular weight excluding hydrogens is 1370 g/mol. The molecule has 556 valence electrons. The third kappa shape index (κ3) is 16.5. The molecule has 0 amide bonds. The van der Waals surface area contributed by atoms with Gasteiger partial charge in [0.15, 0.2) is 50.3 Å². The van der Waals surface area contributed by atoms with Crippen molar-refractivity contribution >= 4 is 17.7 Å². The number of hydrogen-bond acceptors (Lipinski definition) is 42. The number of carboxylic acids is 1. The Bertz CT molecular complexity index is 2620. The smallest absolute Gasteiger partial charge is 0.545 e. The fourth-order valence-electron chi connectivity index (χ4n) is 12.8. The molecule has 1 aromatic carbocycles. The van der Waals surface area contributed by atoms with Crippen LogP contribution in [0.5, 0.6) is 0 Å². The number of ether oxygens (including phenoxy) is 16. The maximum atomic E-state index is 11.9. The van der Waals surface area contributed by atoms with E-state index in [0.717, 1.165) is 11.8 Å². The van der Waals surface area contributed by atoms with Gasteiger partial charge in [-0.3, -0.25) is 0 Å². The SMILES string of the molecule is O=C([O-])c1ccc(SC[C@H]2O[C@@H]3O[C@H]4[C@H](O)[C@@H](O)[C@@H](O[C@H]5[C@H](O)[C@@H](O)[C@@H](O[C@H]6[C@H](O)[C@@H](O)[C@@H](O[C@H]7[C@H](O)[C@@H](O)[C@@H](O[C@H]8[C@@H](O)[C@H](O)[C@@H](O[C@H]9[C@H](O)[C@@H](O)[C@@H](O[C@H]%10[C@@H](O)[C@@H](O)[C@@H](O[C@H]2[C@H](O)[C@H]3O)O[C@@H]%10CO)O[C@@H]9CO)O[C@@H]8CO)O[C@@H]7CO)O[C@@H]6CO)O[C@@H]5CO)O[C@@H]4CO)cc1.[Na+]. The summed E-state index contributed by atoms with van der Waals surface area (Å²) in [4.78, 5) is 11.9. The Morgan fingerprint density at radius 3 is 0.602 bits per heavy atom. The Balaban J connectivity index is 0.0000112. The van der Waals surface area contributed by atoms with Gasteiger partial charge in [0.05, 0.1) is 58.3 Å². The Kier molecular flexibility index (Phi) is 28.6. The third-order valence-corrected chi connectivity index (χ3v) is 19.3. The van der Waals surface area contributed by atoms with Gasteiger partial charge in [-0.15, -0.1) is 11.8 Å². The van der Waals surface area contributed by atoms with E-state index in [0.29, 0.717) is 4.90 Å². The molecule has 30 saturated heterocycles. The van der Waals surface area contributed by atoms with E-state index in [2.05, 4.69) is 0 Å². The zero-order chi connectivity index (χ0) is 70.3. The van der Waals surface area contributed by atoms with Crippen LogP contribution in [-0.2, 0) is 75.8 Å². The van der Waals surface area contributed by atoms with Crippen LogP contribution in [-0.4, -0.2) is 421 Å². The van der Waals surface area contributed by atoms with Crippen molar-refractivity contribution in [2.24, 2.45) is 0 Å². The Labute approximate surface area is 580 Å². The predicted octanol–water partition coefficient (Wildman–Crippen LogP) is -19.2. The van der Waals surface area contributed by atoms with Gasteiger partial charge in [-0.25, -0.2) is 0 Å². The summed E-state index contributed by atoms with van der Waals surface area (Å²) >= 11 is 0.926. The van der Waals surface area contributed by atoms with Crippen LogP contribution in [0.3, 0.4) is 0 Å². The minimum atomic E-state index is -2.27. The van der Waals surface area contributed by atoms with E-state index >= 15 is 0 Å². The molecule has 0 spiro atoms. The zero-order valence-electron chi connectivity index (χ0n) is 51.6. The van der Waals surface area contributed by atoms with Crippen LogP contribution in [0.2, 0.25) is 0 Å². The zero-order valence-corrected chi connectivity index (χ0v) is 54.4. The standard InChI is InChI=1S/C55H84O41S.Na/c56-5-15-39-23(63)31(71)48(81-15)90-40-16(6-57)83-50(33(73)25(40)65)92-42-18(8-59)85-52(35(75)27(42)67)94-44-20(10-61)87-54(37(77)29(44)69)96-46-22(12-97-14-3-1-13(2-4-14)47(79)80)88-55(38(78)30(46)70)95-45-21(11-62)86-53(36(76)28(45)68)93-43-19(9-60)84-51(34(74)26(43)66)91-41-17(7-58)82-49(89-39)32(72)24(41)64;/h1-4,15-46,48-78H,5-12H2,(H,79,80);/q;+1/p-1/t15-,16-,17-,18-,19-,20-,21-,22-,23-,24-,25+,26-,27-,28-,29+,30-,31-,32-,33+,34-,35-,36-,37-,38-,39-,40-,41-,42-,43-,44-,45-,46-,48-,49-,50-,51-,52-,53-,54-,55-;/m1./s1. The van der Waals surface area contributed by atoms with Crippen LogP contribution >= 0.6 is 11.8 Å². The van der Waals surface area contributed by atoms with Gasteiger partial charge in [0.2, 0.25) is 0 Å². The molecule has 31 rings (SSSR count). The van der Waals surface area contributed by atoms with Gasteiger partial charge < -0.3 is 203 Å². The first-order valence-electron chi connectivity index (χ1n) is 30.8. The first kappa shape index (κ1) is 80.6. The number of benzene rings is 1. The van der Waals surface area contributed by atoms with Gasteiger partial charge in [-0.1, -0.05) is 12.1 Å². The van der Waals surface area contributed by atoms with Gasteiger partial charge in [0.25, 0.3) is 0 Å². The summed E-state index contributed by atoms with van der Waals surface area (Å²) < 4.78 is 92.8. The number of thioether (sulfide) groups is 1. The molecule has 0 unspecified atom stereocenters. The normalized spacial score (nSPS) is 50.7. The van der Waals surface area contributed by atoms with E-state index in [1.54, 1.807) is 0 Å². The number of carboxylic acid groups (broad SMARTS) is 1. The maximum Gasteiger partial charge on any atom is 1.00 e. The van der Waals surface area contributed by atoms with Crippen molar-refractivity contribution in [1.82, 2.24) is 0 Å². The van der Waals surface area contributed by atoms with Crippen molar-refractivity contribution in [2.75, 3.05) is 52.0 Å². The minimum Gasteiger partial charge on any atom is -0.545 e. The Hall–Kier alpha value is -1.52. The summed E-state index contributed by atoms with van der Waals surface area (Å²) in [6, 6.07) is 5.12. The summed E-state index contributed by atoms with van der Waals surface area (Å²) in [5.74, 6) is -1.85. The first-order valence-corrected chi connectivity index (χ1v) is 31.8. The quantitative estimate of drug-likeness (QED) is 0.0723. The van der Waals surface area contributed by atoms with E-state index in [-0.39, 0.29) is 40.9 Å². The van der Waals surface area contributed by atoms with Gasteiger partial charge in [-0.2, -0.15) is 0 Å². The molecule has 16 bridgehead atoms. The molecule has 43 heteroatoms. The first-order chi connectivity index (χ1) is 46.2. The van der Waals surface area contributed by atoms with Crippen molar-refractivity contribution in [1.29, 1.82) is 0 Å². The van der Waals surface area contributed by atoms with Crippen LogP contribution in [0.1, 0.15) is 10.4 Å². The summed E-state index contributed by atoms with van der Waals surface area (Å²) in [6.07, 6.45) is -82.4.